The van der Waals surface area contributed by atoms with Crippen molar-refractivity contribution in [2.24, 2.45) is 5.73 Å². The lowest BCUT2D eigenvalue weighted by Gasteiger charge is -1.95. The minimum atomic E-state index is 0.219. The van der Waals surface area contributed by atoms with Crippen LogP contribution in [0.4, 0.5) is 5.82 Å². The van der Waals surface area contributed by atoms with E-state index in [1.165, 1.54) is 0 Å². The summed E-state index contributed by atoms with van der Waals surface area (Å²) in [5.74, 6) is 0.680. The molecule has 1 aromatic rings. The van der Waals surface area contributed by atoms with Crippen LogP contribution in [-0.2, 0) is 0 Å². The van der Waals surface area contributed by atoms with E-state index in [1.54, 1.807) is 6.07 Å². The number of halogens is 1. The molecule has 0 radical (unpaired) electrons. The van der Waals surface area contributed by atoms with Crippen LogP contribution in [0.2, 0.25) is 0 Å². The van der Waals surface area contributed by atoms with Crippen LogP contribution in [-0.4, -0.2) is 15.3 Å². The highest BCUT2D eigenvalue weighted by molar-refractivity contribution is 9.10. The Morgan fingerprint density at radius 3 is 3.00 bits per heavy atom. The minimum Gasteiger partial charge on any atom is -0.376 e. The maximum atomic E-state index is 5.19. The quantitative estimate of drug-likeness (QED) is 0.614. The Hall–Kier alpha value is -0.620. The molecule has 10 heavy (non-hydrogen) atoms. The number of anilines is 1. The van der Waals surface area contributed by atoms with Gasteiger partial charge in [0.2, 0.25) is 0 Å². The molecule has 54 valence electrons. The minimum absolute atomic E-state index is 0.219. The van der Waals surface area contributed by atoms with Gasteiger partial charge in [-0.05, 0) is 28.1 Å². The van der Waals surface area contributed by atoms with Gasteiger partial charge >= 0.3 is 0 Å². The van der Waals surface area contributed by atoms with E-state index in [1.807, 2.05) is 0 Å². The van der Waals surface area contributed by atoms with Gasteiger partial charge < -0.3 is 11.1 Å². The zero-order valence-electron chi connectivity index (χ0n) is 4.89. The number of nitrogens with one attached hydrogen (secondary N) is 2. The Morgan fingerprint density at radius 2 is 2.60 bits per heavy atom. The van der Waals surface area contributed by atoms with E-state index >= 15 is 0 Å². The normalized spacial score (nSPS) is 9.30. The second-order valence-corrected chi connectivity index (χ2v) is 2.85. The van der Waals surface area contributed by atoms with E-state index in [0.717, 1.165) is 0 Å². The predicted octanol–water partition coefficient (Wildman–Crippen LogP) is 0.828. The molecule has 0 saturated heterocycles. The Bertz CT molecular complexity index is 245. The highest BCUT2D eigenvalue weighted by Crippen LogP contribution is 2.09. The SMILES string of the molecule is NC(=S)Nc1cc(Br)n[nH]1. The second-order valence-electron chi connectivity index (χ2n) is 1.59. The molecule has 4 N–H and O–H groups in total. The highest BCUT2D eigenvalue weighted by atomic mass is 79.9. The molecule has 0 aliphatic carbocycles. The number of hydrogen-bond acceptors (Lipinski definition) is 2. The van der Waals surface area contributed by atoms with Crippen molar-refractivity contribution < 1.29 is 0 Å². The molecule has 0 saturated carbocycles. The molecule has 0 bridgehead atoms. The zero-order chi connectivity index (χ0) is 7.56. The summed E-state index contributed by atoms with van der Waals surface area (Å²) in [6.45, 7) is 0. The molecule has 0 aliphatic heterocycles. The summed E-state index contributed by atoms with van der Waals surface area (Å²) >= 11 is 7.75. The molecule has 0 amide bonds. The summed E-state index contributed by atoms with van der Waals surface area (Å²) in [6.07, 6.45) is 0. The van der Waals surface area contributed by atoms with Crippen LogP contribution in [0.25, 0.3) is 0 Å². The molecule has 0 aliphatic rings. The van der Waals surface area contributed by atoms with Crippen LogP contribution in [0.5, 0.6) is 0 Å². The van der Waals surface area contributed by atoms with Crippen LogP contribution in [0.1, 0.15) is 0 Å². The van der Waals surface area contributed by atoms with E-state index in [0.29, 0.717) is 10.4 Å². The first-order valence-corrected chi connectivity index (χ1v) is 3.66. The lowest BCUT2D eigenvalue weighted by Crippen LogP contribution is -2.18. The number of thiocarbonyl (C=S) groups is 1. The van der Waals surface area contributed by atoms with Gasteiger partial charge in [-0.1, -0.05) is 0 Å². The highest BCUT2D eigenvalue weighted by Gasteiger charge is 1.95. The zero-order valence-corrected chi connectivity index (χ0v) is 7.29. The number of rotatable bonds is 1. The number of aromatic amines is 1. The predicted molar refractivity (Wildman–Crippen MR) is 46.7 cm³/mol. The third-order valence-electron chi connectivity index (χ3n) is 0.804. The summed E-state index contributed by atoms with van der Waals surface area (Å²) < 4.78 is 0.714. The largest absolute Gasteiger partial charge is 0.376 e. The van der Waals surface area contributed by atoms with Crippen molar-refractivity contribution in [3.05, 3.63) is 10.7 Å². The number of hydrogen-bond donors (Lipinski definition) is 3. The van der Waals surface area contributed by atoms with E-state index in [-0.39, 0.29) is 5.11 Å². The van der Waals surface area contributed by atoms with Gasteiger partial charge in [0.15, 0.2) is 5.11 Å². The average Bonchev–Trinajstić information content (AvgIpc) is 2.13. The summed E-state index contributed by atoms with van der Waals surface area (Å²) in [7, 11) is 0. The van der Waals surface area contributed by atoms with E-state index in [2.05, 4.69) is 43.7 Å². The molecular weight excluding hydrogens is 216 g/mol. The van der Waals surface area contributed by atoms with Crippen LogP contribution in [0.15, 0.2) is 10.7 Å². The summed E-state index contributed by atoms with van der Waals surface area (Å²) in [4.78, 5) is 0. The fraction of sp³-hybridized carbons (Fsp3) is 0. The molecule has 0 unspecified atom stereocenters. The van der Waals surface area contributed by atoms with Crippen molar-refractivity contribution in [3.8, 4) is 0 Å². The third-order valence-corrected chi connectivity index (χ3v) is 1.31. The van der Waals surface area contributed by atoms with E-state index < -0.39 is 0 Å². The topological polar surface area (TPSA) is 66.7 Å². The Kier molecular flexibility index (Phi) is 2.23. The summed E-state index contributed by atoms with van der Waals surface area (Å²) in [5.41, 5.74) is 5.19. The average molecular weight is 221 g/mol. The van der Waals surface area contributed by atoms with Crippen LogP contribution in [0.3, 0.4) is 0 Å². The Labute approximate surface area is 71.3 Å². The molecule has 0 fully saturated rings. The standard InChI is InChI=1S/C4H5BrN4S/c5-2-1-3(9-8-2)7-4(6)10/h1H,(H4,6,7,8,9,10). The van der Waals surface area contributed by atoms with Crippen molar-refractivity contribution in [2.45, 2.75) is 0 Å². The van der Waals surface area contributed by atoms with Crippen molar-refractivity contribution >= 4 is 39.1 Å². The fourth-order valence-electron chi connectivity index (χ4n) is 0.494. The Balaban J connectivity index is 2.67. The third kappa shape index (κ3) is 1.96. The molecule has 1 heterocycles. The first-order chi connectivity index (χ1) is 4.68. The van der Waals surface area contributed by atoms with E-state index in [9.17, 15) is 0 Å². The monoisotopic (exact) mass is 220 g/mol. The van der Waals surface area contributed by atoms with Crippen molar-refractivity contribution in [1.82, 2.24) is 10.2 Å². The first kappa shape index (κ1) is 7.49. The molecule has 6 heteroatoms. The van der Waals surface area contributed by atoms with Gasteiger partial charge in [0.25, 0.3) is 0 Å². The smallest absolute Gasteiger partial charge is 0.169 e. The number of nitrogens with two attached hydrogens (primary N) is 1. The number of H-pyrrole nitrogens is 1. The van der Waals surface area contributed by atoms with Crippen molar-refractivity contribution in [3.63, 3.8) is 0 Å². The van der Waals surface area contributed by atoms with Gasteiger partial charge in [-0.25, -0.2) is 0 Å². The van der Waals surface area contributed by atoms with Crippen LogP contribution >= 0.6 is 28.1 Å². The van der Waals surface area contributed by atoms with Gasteiger partial charge in [0.05, 0.1) is 0 Å². The van der Waals surface area contributed by atoms with Gasteiger partial charge in [-0.3, -0.25) is 5.10 Å². The second kappa shape index (κ2) is 2.98. The molecule has 1 rings (SSSR count). The van der Waals surface area contributed by atoms with Gasteiger partial charge in [-0.2, -0.15) is 5.10 Å². The Morgan fingerprint density at radius 1 is 1.90 bits per heavy atom. The van der Waals surface area contributed by atoms with E-state index in [4.69, 9.17) is 5.73 Å². The number of nitrogens with zero attached hydrogens (tertiary/aromatic N) is 1. The molecular formula is C4H5BrN4S. The van der Waals surface area contributed by atoms with Crippen LogP contribution < -0.4 is 11.1 Å². The first-order valence-electron chi connectivity index (χ1n) is 2.46. The van der Waals surface area contributed by atoms with Gasteiger partial charge in [0.1, 0.15) is 10.4 Å². The summed E-state index contributed by atoms with van der Waals surface area (Å²) in [6, 6.07) is 1.74. The molecule has 0 aromatic carbocycles. The van der Waals surface area contributed by atoms with Crippen LogP contribution in [0, 0.1) is 0 Å². The molecule has 4 nitrogen and oxygen atoms in total. The van der Waals surface area contributed by atoms with Gasteiger partial charge in [-0.15, -0.1) is 0 Å². The molecule has 0 atom stereocenters. The fourth-order valence-corrected chi connectivity index (χ4v) is 0.922. The van der Waals surface area contributed by atoms with Crippen molar-refractivity contribution in [2.75, 3.05) is 5.32 Å². The maximum Gasteiger partial charge on any atom is 0.169 e. The lowest BCUT2D eigenvalue weighted by molar-refractivity contribution is 1.07. The summed E-state index contributed by atoms with van der Waals surface area (Å²) in [5, 5.41) is 9.35. The molecule has 0 spiro atoms. The lowest BCUT2D eigenvalue weighted by atomic mass is 10.6. The maximum absolute atomic E-state index is 5.19. The number of aromatic nitrogens is 2. The van der Waals surface area contributed by atoms with Crippen molar-refractivity contribution in [1.29, 1.82) is 0 Å². The van der Waals surface area contributed by atoms with Gasteiger partial charge in [0, 0.05) is 6.07 Å². The molecule has 1 aromatic heterocycles.